The molecule has 1 nitrogen and oxygen atoms in total. The average Bonchev–Trinajstić information content (AvgIpc) is 2.40. The Labute approximate surface area is 106 Å². The fourth-order valence-electron chi connectivity index (χ4n) is 3.77. The van der Waals surface area contributed by atoms with Gasteiger partial charge >= 0.3 is 0 Å². The van der Waals surface area contributed by atoms with Crippen LogP contribution in [0, 0.1) is 17.8 Å². The Morgan fingerprint density at radius 3 is 2.47 bits per heavy atom. The van der Waals surface area contributed by atoms with Crippen LogP contribution < -0.4 is 0 Å². The molecule has 0 bridgehead atoms. The quantitative estimate of drug-likeness (QED) is 0.654. The van der Waals surface area contributed by atoms with Crippen molar-refractivity contribution in [3.05, 3.63) is 11.6 Å². The molecule has 0 N–H and O–H groups in total. The highest BCUT2D eigenvalue weighted by molar-refractivity contribution is 5.73. The molecule has 1 atom stereocenters. The van der Waals surface area contributed by atoms with Crippen molar-refractivity contribution < 1.29 is 4.79 Å². The van der Waals surface area contributed by atoms with E-state index in [0.29, 0.717) is 0 Å². The summed E-state index contributed by atoms with van der Waals surface area (Å²) in [7, 11) is 0. The van der Waals surface area contributed by atoms with Crippen molar-refractivity contribution in [2.24, 2.45) is 17.8 Å². The maximum atomic E-state index is 10.7. The molecule has 0 aromatic heterocycles. The molecule has 0 heterocycles. The third kappa shape index (κ3) is 3.43. The van der Waals surface area contributed by atoms with Crippen molar-refractivity contribution >= 4 is 6.29 Å². The summed E-state index contributed by atoms with van der Waals surface area (Å²) in [6.07, 6.45) is 15.3. The Balaban J connectivity index is 1.78. The Bertz CT molecular complexity index is 271. The first kappa shape index (κ1) is 12.9. The lowest BCUT2D eigenvalue weighted by Gasteiger charge is -2.35. The molecular weight excluding hydrogens is 208 g/mol. The predicted molar refractivity (Wildman–Crippen MR) is 71.8 cm³/mol. The summed E-state index contributed by atoms with van der Waals surface area (Å²) < 4.78 is 0. The van der Waals surface area contributed by atoms with E-state index in [4.69, 9.17) is 0 Å². The summed E-state index contributed by atoms with van der Waals surface area (Å²) in [6, 6.07) is 0. The van der Waals surface area contributed by atoms with Gasteiger partial charge in [-0.25, -0.2) is 0 Å². The normalized spacial score (nSPS) is 34.2. The van der Waals surface area contributed by atoms with E-state index in [1.165, 1.54) is 44.9 Å². The summed E-state index contributed by atoms with van der Waals surface area (Å²) in [6.45, 7) is 2.30. The predicted octanol–water partition coefficient (Wildman–Crippen LogP) is 4.52. The molecule has 1 unspecified atom stereocenters. The Kier molecular flexibility index (Phi) is 4.82. The highest BCUT2D eigenvalue weighted by atomic mass is 16.1. The lowest BCUT2D eigenvalue weighted by Crippen LogP contribution is -2.23. The fourth-order valence-corrected chi connectivity index (χ4v) is 3.77. The zero-order chi connectivity index (χ0) is 12.1. The maximum absolute atomic E-state index is 10.7. The Morgan fingerprint density at radius 2 is 1.94 bits per heavy atom. The van der Waals surface area contributed by atoms with Crippen LogP contribution in [0.5, 0.6) is 0 Å². The van der Waals surface area contributed by atoms with Gasteiger partial charge in [0.25, 0.3) is 0 Å². The highest BCUT2D eigenvalue weighted by Gasteiger charge is 2.28. The molecule has 96 valence electrons. The van der Waals surface area contributed by atoms with Crippen LogP contribution in [0.1, 0.15) is 64.7 Å². The van der Waals surface area contributed by atoms with Crippen molar-refractivity contribution in [1.29, 1.82) is 0 Å². The monoisotopic (exact) mass is 234 g/mol. The number of aldehydes is 1. The molecule has 0 aromatic rings. The third-order valence-electron chi connectivity index (χ3n) is 4.89. The second-order valence-corrected chi connectivity index (χ2v) is 6.00. The molecule has 0 saturated heterocycles. The number of hydrogen-bond donors (Lipinski definition) is 0. The number of rotatable bonds is 4. The van der Waals surface area contributed by atoms with Crippen LogP contribution in [0.4, 0.5) is 0 Å². The van der Waals surface area contributed by atoms with Crippen molar-refractivity contribution in [3.8, 4) is 0 Å². The van der Waals surface area contributed by atoms with Gasteiger partial charge in [0, 0.05) is 0 Å². The van der Waals surface area contributed by atoms with Gasteiger partial charge in [-0.2, -0.15) is 0 Å². The number of carbonyl (C=O) groups is 1. The molecule has 0 aliphatic heterocycles. The van der Waals surface area contributed by atoms with E-state index in [-0.39, 0.29) is 0 Å². The third-order valence-corrected chi connectivity index (χ3v) is 4.89. The van der Waals surface area contributed by atoms with E-state index < -0.39 is 0 Å². The smallest absolute Gasteiger partial charge is 0.145 e. The van der Waals surface area contributed by atoms with E-state index in [1.54, 1.807) is 0 Å². The summed E-state index contributed by atoms with van der Waals surface area (Å²) in [5.74, 6) is 2.84. The number of allylic oxidation sites excluding steroid dienone is 2. The lowest BCUT2D eigenvalue weighted by atomic mass is 9.71. The zero-order valence-electron chi connectivity index (χ0n) is 11.2. The van der Waals surface area contributed by atoms with Crippen molar-refractivity contribution in [1.82, 2.24) is 0 Å². The van der Waals surface area contributed by atoms with E-state index >= 15 is 0 Å². The zero-order valence-corrected chi connectivity index (χ0v) is 11.2. The van der Waals surface area contributed by atoms with Crippen molar-refractivity contribution in [2.75, 3.05) is 0 Å². The van der Waals surface area contributed by atoms with Gasteiger partial charge in [0.1, 0.15) is 6.29 Å². The molecule has 17 heavy (non-hydrogen) atoms. The minimum Gasteiger partial charge on any atom is -0.298 e. The topological polar surface area (TPSA) is 17.1 Å². The molecule has 1 fully saturated rings. The molecule has 2 aliphatic carbocycles. The second-order valence-electron chi connectivity index (χ2n) is 6.00. The van der Waals surface area contributed by atoms with Gasteiger partial charge in [-0.3, -0.25) is 4.79 Å². The molecule has 2 rings (SSSR count). The van der Waals surface area contributed by atoms with Crippen LogP contribution in [0.25, 0.3) is 0 Å². The summed E-state index contributed by atoms with van der Waals surface area (Å²) in [4.78, 5) is 10.7. The first-order chi connectivity index (χ1) is 8.33. The molecule has 1 saturated carbocycles. The van der Waals surface area contributed by atoms with Gasteiger partial charge in [0.05, 0.1) is 0 Å². The SMILES string of the molecule is CCC[C@H]1CC[C@H](C2CC=C(C=O)CC2)CC1. The minimum atomic E-state index is 0.876. The van der Waals surface area contributed by atoms with Crippen molar-refractivity contribution in [3.63, 3.8) is 0 Å². The fraction of sp³-hybridized carbons (Fsp3) is 0.812. The van der Waals surface area contributed by atoms with Gasteiger partial charge in [-0.15, -0.1) is 0 Å². The number of carbonyl (C=O) groups excluding carboxylic acids is 1. The Hall–Kier alpha value is -0.590. The summed E-state index contributed by atoms with van der Waals surface area (Å²) >= 11 is 0. The maximum Gasteiger partial charge on any atom is 0.145 e. The second kappa shape index (κ2) is 6.37. The van der Waals surface area contributed by atoms with Crippen molar-refractivity contribution in [2.45, 2.75) is 64.7 Å². The van der Waals surface area contributed by atoms with Crippen LogP contribution in [0.15, 0.2) is 11.6 Å². The van der Waals surface area contributed by atoms with Crippen LogP contribution in [-0.4, -0.2) is 6.29 Å². The molecule has 0 spiro atoms. The van der Waals surface area contributed by atoms with E-state index in [9.17, 15) is 4.79 Å². The van der Waals surface area contributed by atoms with Crippen LogP contribution in [0.2, 0.25) is 0 Å². The highest BCUT2D eigenvalue weighted by Crippen LogP contribution is 2.40. The summed E-state index contributed by atoms with van der Waals surface area (Å²) in [5, 5.41) is 0. The van der Waals surface area contributed by atoms with Gasteiger partial charge in [0.15, 0.2) is 0 Å². The van der Waals surface area contributed by atoms with E-state index in [0.717, 1.165) is 42.5 Å². The molecule has 1 heteroatoms. The van der Waals surface area contributed by atoms with Gasteiger partial charge in [0.2, 0.25) is 0 Å². The van der Waals surface area contributed by atoms with Gasteiger partial charge < -0.3 is 0 Å². The molecule has 0 aromatic carbocycles. The average molecular weight is 234 g/mol. The molecule has 0 radical (unpaired) electrons. The van der Waals surface area contributed by atoms with Crippen LogP contribution >= 0.6 is 0 Å². The standard InChI is InChI=1S/C16H26O/c1-2-3-13-4-8-15(9-5-13)16-10-6-14(12-17)7-11-16/h6,12-13,15-16H,2-5,7-11H2,1H3/t13-,15-,16?. The molecule has 0 amide bonds. The van der Waals surface area contributed by atoms with E-state index in [2.05, 4.69) is 13.0 Å². The minimum absolute atomic E-state index is 0.876. The molecular formula is C16H26O. The summed E-state index contributed by atoms with van der Waals surface area (Å²) in [5.41, 5.74) is 1.04. The first-order valence-electron chi connectivity index (χ1n) is 7.47. The number of hydrogen-bond acceptors (Lipinski definition) is 1. The van der Waals surface area contributed by atoms with Crippen LogP contribution in [-0.2, 0) is 4.79 Å². The Morgan fingerprint density at radius 1 is 1.18 bits per heavy atom. The largest absolute Gasteiger partial charge is 0.298 e. The first-order valence-corrected chi connectivity index (χ1v) is 7.47. The van der Waals surface area contributed by atoms with Gasteiger partial charge in [-0.05, 0) is 55.4 Å². The van der Waals surface area contributed by atoms with E-state index in [1.807, 2.05) is 0 Å². The van der Waals surface area contributed by atoms with Crippen LogP contribution in [0.3, 0.4) is 0 Å². The molecule has 2 aliphatic rings. The lowest BCUT2D eigenvalue weighted by molar-refractivity contribution is -0.105. The van der Waals surface area contributed by atoms with Gasteiger partial charge in [-0.1, -0.05) is 38.7 Å².